The highest BCUT2D eigenvalue weighted by Crippen LogP contribution is 2.31. The SMILES string of the molecule is CC(C)OC(=O)N(C)C[C@@H]1OCc2ccccc2-c2ccccc2C(=O)N([C@@H](C)CO)C[C@@H]1C. The van der Waals surface area contributed by atoms with Crippen molar-refractivity contribution >= 4 is 12.0 Å². The largest absolute Gasteiger partial charge is 0.447 e. The van der Waals surface area contributed by atoms with Gasteiger partial charge in [0.25, 0.3) is 5.91 Å². The number of hydrogen-bond acceptors (Lipinski definition) is 5. The van der Waals surface area contributed by atoms with Gasteiger partial charge in [-0.1, -0.05) is 49.4 Å². The minimum Gasteiger partial charge on any atom is -0.447 e. The second-order valence-electron chi connectivity index (χ2n) is 9.33. The van der Waals surface area contributed by atoms with E-state index in [0.717, 1.165) is 16.7 Å². The second-order valence-corrected chi connectivity index (χ2v) is 9.33. The van der Waals surface area contributed by atoms with E-state index in [9.17, 15) is 14.7 Å². The van der Waals surface area contributed by atoms with Crippen molar-refractivity contribution in [1.82, 2.24) is 9.80 Å². The Kier molecular flexibility index (Phi) is 8.69. The second kappa shape index (κ2) is 11.5. The Morgan fingerprint density at radius 1 is 1.12 bits per heavy atom. The van der Waals surface area contributed by atoms with Crippen LogP contribution in [-0.2, 0) is 16.1 Å². The van der Waals surface area contributed by atoms with Gasteiger partial charge in [-0.15, -0.1) is 0 Å². The Balaban J connectivity index is 2.02. The van der Waals surface area contributed by atoms with Crippen molar-refractivity contribution in [2.75, 3.05) is 26.7 Å². The van der Waals surface area contributed by atoms with Crippen LogP contribution in [-0.4, -0.2) is 71.9 Å². The van der Waals surface area contributed by atoms with E-state index in [1.54, 1.807) is 11.9 Å². The van der Waals surface area contributed by atoms with Gasteiger partial charge in [-0.2, -0.15) is 0 Å². The number of aliphatic hydroxyl groups excluding tert-OH is 1. The van der Waals surface area contributed by atoms with Crippen molar-refractivity contribution in [2.45, 2.75) is 52.6 Å². The van der Waals surface area contributed by atoms with Crippen molar-refractivity contribution in [3.63, 3.8) is 0 Å². The molecular formula is C27H36N2O5. The molecule has 3 atom stereocenters. The maximum absolute atomic E-state index is 13.8. The summed E-state index contributed by atoms with van der Waals surface area (Å²) in [5, 5.41) is 9.91. The molecule has 0 aliphatic carbocycles. The quantitative estimate of drug-likeness (QED) is 0.712. The lowest BCUT2D eigenvalue weighted by molar-refractivity contribution is -0.0245. The molecule has 1 heterocycles. The summed E-state index contributed by atoms with van der Waals surface area (Å²) in [5.74, 6) is -0.239. The Bertz CT molecular complexity index is 992. The maximum Gasteiger partial charge on any atom is 0.409 e. The van der Waals surface area contributed by atoms with Crippen LogP contribution in [0.15, 0.2) is 48.5 Å². The molecule has 1 aliphatic rings. The van der Waals surface area contributed by atoms with Crippen LogP contribution in [0.3, 0.4) is 0 Å². The normalized spacial score (nSPS) is 19.6. The lowest BCUT2D eigenvalue weighted by Crippen LogP contribution is -2.47. The third-order valence-corrected chi connectivity index (χ3v) is 6.20. The molecule has 0 unspecified atom stereocenters. The number of rotatable bonds is 5. The first-order chi connectivity index (χ1) is 16.2. The Morgan fingerprint density at radius 3 is 2.38 bits per heavy atom. The minimum absolute atomic E-state index is 0.107. The zero-order valence-electron chi connectivity index (χ0n) is 20.7. The van der Waals surface area contributed by atoms with Crippen LogP contribution in [0.1, 0.15) is 43.6 Å². The maximum atomic E-state index is 13.8. The van der Waals surface area contributed by atoms with Gasteiger partial charge in [-0.25, -0.2) is 4.79 Å². The van der Waals surface area contributed by atoms with Gasteiger partial charge in [0.2, 0.25) is 0 Å². The van der Waals surface area contributed by atoms with Gasteiger partial charge in [0, 0.05) is 25.1 Å². The summed E-state index contributed by atoms with van der Waals surface area (Å²) >= 11 is 0. The molecule has 2 aromatic carbocycles. The standard InChI is InChI=1S/C27H36N2O5/c1-18(2)34-27(32)28(5)15-25-19(3)14-29(20(4)16-30)26(31)24-13-9-8-12-23(24)22-11-7-6-10-21(22)17-33-25/h6-13,18-20,25,30H,14-17H2,1-5H3/t19-,20-,25-/m0/s1. The molecule has 184 valence electrons. The smallest absolute Gasteiger partial charge is 0.409 e. The molecule has 34 heavy (non-hydrogen) atoms. The van der Waals surface area contributed by atoms with Crippen LogP contribution in [0.25, 0.3) is 11.1 Å². The van der Waals surface area contributed by atoms with E-state index in [-0.39, 0.29) is 36.7 Å². The molecule has 0 saturated heterocycles. The molecule has 0 fully saturated rings. The number of fused-ring (bicyclic) bond motifs is 3. The van der Waals surface area contributed by atoms with E-state index in [1.807, 2.05) is 76.2 Å². The topological polar surface area (TPSA) is 79.3 Å². The number of carbonyl (C=O) groups excluding carboxylic acids is 2. The van der Waals surface area contributed by atoms with Gasteiger partial charge >= 0.3 is 6.09 Å². The highest BCUT2D eigenvalue weighted by molar-refractivity contribution is 6.01. The molecule has 2 amide bonds. The van der Waals surface area contributed by atoms with Gasteiger partial charge in [0.15, 0.2) is 0 Å². The van der Waals surface area contributed by atoms with Crippen molar-refractivity contribution in [3.05, 3.63) is 59.7 Å². The summed E-state index contributed by atoms with van der Waals surface area (Å²) in [6, 6.07) is 15.1. The lowest BCUT2D eigenvalue weighted by Gasteiger charge is -2.35. The highest BCUT2D eigenvalue weighted by atomic mass is 16.6. The number of nitrogens with zero attached hydrogens (tertiary/aromatic N) is 2. The van der Waals surface area contributed by atoms with Crippen LogP contribution in [0.5, 0.6) is 0 Å². The van der Waals surface area contributed by atoms with Crippen LogP contribution in [0.4, 0.5) is 4.79 Å². The monoisotopic (exact) mass is 468 g/mol. The summed E-state index contributed by atoms with van der Waals surface area (Å²) in [6.45, 7) is 8.35. The van der Waals surface area contributed by atoms with Crippen LogP contribution in [0.2, 0.25) is 0 Å². The summed E-state index contributed by atoms with van der Waals surface area (Å²) in [7, 11) is 1.69. The average Bonchev–Trinajstić information content (AvgIpc) is 2.84. The Labute approximate surface area is 202 Å². The van der Waals surface area contributed by atoms with Gasteiger partial charge in [-0.3, -0.25) is 4.79 Å². The first-order valence-corrected chi connectivity index (χ1v) is 11.8. The molecule has 1 aliphatic heterocycles. The number of hydrogen-bond donors (Lipinski definition) is 1. The first-order valence-electron chi connectivity index (χ1n) is 11.8. The number of ether oxygens (including phenoxy) is 2. The molecule has 3 rings (SSSR count). The fraction of sp³-hybridized carbons (Fsp3) is 0.481. The van der Waals surface area contributed by atoms with E-state index >= 15 is 0 Å². The number of amides is 2. The number of aliphatic hydroxyl groups is 1. The van der Waals surface area contributed by atoms with Crippen LogP contribution >= 0.6 is 0 Å². The Morgan fingerprint density at radius 2 is 1.74 bits per heavy atom. The number of benzene rings is 2. The van der Waals surface area contributed by atoms with Gasteiger partial charge in [0.1, 0.15) is 0 Å². The van der Waals surface area contributed by atoms with Gasteiger partial charge < -0.3 is 24.4 Å². The predicted molar refractivity (Wildman–Crippen MR) is 131 cm³/mol. The van der Waals surface area contributed by atoms with Crippen molar-refractivity contribution in [3.8, 4) is 11.1 Å². The number of likely N-dealkylation sites (N-methyl/N-ethyl adjacent to an activating group) is 1. The zero-order valence-corrected chi connectivity index (χ0v) is 20.7. The van der Waals surface area contributed by atoms with Crippen LogP contribution < -0.4 is 0 Å². The molecule has 7 heteroatoms. The van der Waals surface area contributed by atoms with E-state index in [2.05, 4.69) is 0 Å². The van der Waals surface area contributed by atoms with E-state index in [1.165, 1.54) is 4.90 Å². The Hall–Kier alpha value is -2.90. The molecule has 0 radical (unpaired) electrons. The molecule has 2 aromatic rings. The van der Waals surface area contributed by atoms with Gasteiger partial charge in [-0.05, 0) is 43.5 Å². The van der Waals surface area contributed by atoms with Gasteiger partial charge in [0.05, 0.1) is 38.0 Å². The van der Waals surface area contributed by atoms with Crippen molar-refractivity contribution in [2.24, 2.45) is 5.92 Å². The zero-order chi connectivity index (χ0) is 24.8. The molecule has 0 saturated carbocycles. The van der Waals surface area contributed by atoms with Crippen molar-refractivity contribution in [1.29, 1.82) is 0 Å². The molecule has 1 N–H and O–H groups in total. The predicted octanol–water partition coefficient (Wildman–Crippen LogP) is 4.19. The molecule has 0 bridgehead atoms. The summed E-state index contributed by atoms with van der Waals surface area (Å²) in [5.41, 5.74) is 3.34. The lowest BCUT2D eigenvalue weighted by atomic mass is 9.94. The first kappa shape index (κ1) is 25.7. The van der Waals surface area contributed by atoms with E-state index in [0.29, 0.717) is 25.3 Å². The third-order valence-electron chi connectivity index (χ3n) is 6.20. The molecular weight excluding hydrogens is 432 g/mol. The fourth-order valence-electron chi connectivity index (χ4n) is 4.19. The van der Waals surface area contributed by atoms with E-state index < -0.39 is 6.09 Å². The molecule has 7 nitrogen and oxygen atoms in total. The van der Waals surface area contributed by atoms with Crippen molar-refractivity contribution < 1.29 is 24.2 Å². The average molecular weight is 469 g/mol. The minimum atomic E-state index is -0.412. The van der Waals surface area contributed by atoms with Crippen LogP contribution in [0, 0.1) is 5.92 Å². The highest BCUT2D eigenvalue weighted by Gasteiger charge is 2.31. The number of carbonyl (C=O) groups is 2. The van der Waals surface area contributed by atoms with E-state index in [4.69, 9.17) is 9.47 Å². The summed E-state index contributed by atoms with van der Waals surface area (Å²) in [4.78, 5) is 29.4. The summed E-state index contributed by atoms with van der Waals surface area (Å²) < 4.78 is 11.7. The third kappa shape index (κ3) is 5.96. The molecule has 0 spiro atoms. The molecule has 0 aromatic heterocycles. The summed E-state index contributed by atoms with van der Waals surface area (Å²) in [6.07, 6.45) is -0.977. The fourth-order valence-corrected chi connectivity index (χ4v) is 4.19.